The van der Waals surface area contributed by atoms with Crippen LogP contribution in [0, 0.1) is 0 Å². The molecule has 0 aromatic carbocycles. The van der Waals surface area contributed by atoms with E-state index in [0.717, 1.165) is 0 Å². The maximum Gasteiger partial charge on any atom is 0.325 e. The molecule has 0 heterocycles. The average Bonchev–Trinajstić information content (AvgIpc) is 2.00. The van der Waals surface area contributed by atoms with E-state index in [4.69, 9.17) is 4.74 Å². The first-order chi connectivity index (χ1) is 5.26. The van der Waals surface area contributed by atoms with E-state index in [2.05, 4.69) is 10.3 Å². The number of hydroxylamine groups is 1. The van der Waals surface area contributed by atoms with Crippen molar-refractivity contribution in [3.8, 4) is 0 Å². The number of carbonyl (C=O) groups excluding carboxylic acids is 1. The van der Waals surface area contributed by atoms with Crippen LogP contribution in [0.1, 0.15) is 20.3 Å². The van der Waals surface area contributed by atoms with E-state index in [9.17, 15) is 4.79 Å². The van der Waals surface area contributed by atoms with E-state index in [0.29, 0.717) is 13.0 Å². The van der Waals surface area contributed by atoms with Crippen LogP contribution >= 0.6 is 0 Å². The van der Waals surface area contributed by atoms with Gasteiger partial charge in [0.25, 0.3) is 0 Å². The smallest absolute Gasteiger partial charge is 0.325 e. The Balaban J connectivity index is 3.71. The Morgan fingerprint density at radius 2 is 2.18 bits per heavy atom. The molecule has 4 heteroatoms. The summed E-state index contributed by atoms with van der Waals surface area (Å²) in [6.45, 7) is 4.06. The van der Waals surface area contributed by atoms with Crippen molar-refractivity contribution in [1.29, 1.82) is 0 Å². The summed E-state index contributed by atoms with van der Waals surface area (Å²) in [4.78, 5) is 15.6. The van der Waals surface area contributed by atoms with Crippen LogP contribution in [-0.4, -0.2) is 25.7 Å². The molecule has 4 nitrogen and oxygen atoms in total. The molecule has 0 spiro atoms. The number of ether oxygens (including phenoxy) is 1. The van der Waals surface area contributed by atoms with Gasteiger partial charge in [-0.25, -0.2) is 0 Å². The number of hydrogen-bond acceptors (Lipinski definition) is 4. The fourth-order valence-corrected chi connectivity index (χ4v) is 0.683. The second-order valence-electron chi connectivity index (χ2n) is 2.03. The van der Waals surface area contributed by atoms with Gasteiger partial charge in [0.2, 0.25) is 0 Å². The van der Waals surface area contributed by atoms with Crippen molar-refractivity contribution in [2.75, 3.05) is 13.7 Å². The van der Waals surface area contributed by atoms with Gasteiger partial charge in [-0.2, -0.15) is 5.48 Å². The Kier molecular flexibility index (Phi) is 5.78. The molecule has 0 aliphatic heterocycles. The van der Waals surface area contributed by atoms with Crippen molar-refractivity contribution >= 4 is 5.97 Å². The predicted octanol–water partition coefficient (Wildman–Crippen LogP) is 0.479. The molecule has 0 amide bonds. The number of nitrogens with one attached hydrogen (secondary N) is 1. The summed E-state index contributed by atoms with van der Waals surface area (Å²) in [6.07, 6.45) is 0.659. The van der Waals surface area contributed by atoms with Crippen LogP contribution in [0.25, 0.3) is 0 Å². The third kappa shape index (κ3) is 3.95. The first kappa shape index (κ1) is 10.4. The minimum Gasteiger partial charge on any atom is -0.465 e. The lowest BCUT2D eigenvalue weighted by Crippen LogP contribution is -2.36. The van der Waals surface area contributed by atoms with Gasteiger partial charge in [0.05, 0.1) is 13.7 Å². The SMILES string of the molecule is CCOC(=O)C(CC)NOC. The molecule has 0 radical (unpaired) electrons. The van der Waals surface area contributed by atoms with Gasteiger partial charge in [0.15, 0.2) is 0 Å². The Morgan fingerprint density at radius 1 is 1.55 bits per heavy atom. The average molecular weight is 161 g/mol. The van der Waals surface area contributed by atoms with Crippen LogP contribution < -0.4 is 5.48 Å². The number of rotatable bonds is 5. The highest BCUT2D eigenvalue weighted by molar-refractivity contribution is 5.75. The summed E-state index contributed by atoms with van der Waals surface area (Å²) < 4.78 is 4.77. The van der Waals surface area contributed by atoms with Crippen molar-refractivity contribution in [2.24, 2.45) is 0 Å². The molecule has 11 heavy (non-hydrogen) atoms. The molecule has 1 N–H and O–H groups in total. The molecule has 0 aliphatic carbocycles. The van der Waals surface area contributed by atoms with Gasteiger partial charge in [-0.15, -0.1) is 0 Å². The fourth-order valence-electron chi connectivity index (χ4n) is 0.683. The van der Waals surface area contributed by atoms with Crippen LogP contribution in [0.2, 0.25) is 0 Å². The van der Waals surface area contributed by atoms with Gasteiger partial charge >= 0.3 is 5.97 Å². The molecule has 1 atom stereocenters. The lowest BCUT2D eigenvalue weighted by atomic mass is 10.2. The van der Waals surface area contributed by atoms with Crippen LogP contribution in [0.5, 0.6) is 0 Å². The van der Waals surface area contributed by atoms with Crippen LogP contribution in [0.3, 0.4) is 0 Å². The van der Waals surface area contributed by atoms with E-state index in [1.54, 1.807) is 6.92 Å². The molecule has 0 aromatic rings. The highest BCUT2D eigenvalue weighted by atomic mass is 16.6. The van der Waals surface area contributed by atoms with Gasteiger partial charge in [0, 0.05) is 0 Å². The Hall–Kier alpha value is -0.610. The molecule has 0 saturated heterocycles. The summed E-state index contributed by atoms with van der Waals surface area (Å²) in [5.74, 6) is -0.267. The lowest BCUT2D eigenvalue weighted by molar-refractivity contribution is -0.149. The van der Waals surface area contributed by atoms with Gasteiger partial charge in [-0.3, -0.25) is 4.79 Å². The molecule has 0 rings (SSSR count). The first-order valence-corrected chi connectivity index (χ1v) is 3.71. The minimum absolute atomic E-state index is 0.267. The maximum atomic E-state index is 11.0. The second-order valence-corrected chi connectivity index (χ2v) is 2.03. The third-order valence-corrected chi connectivity index (χ3v) is 1.24. The monoisotopic (exact) mass is 161 g/mol. The molecule has 1 unspecified atom stereocenters. The molecule has 0 saturated carbocycles. The quantitative estimate of drug-likeness (QED) is 0.470. The topological polar surface area (TPSA) is 47.6 Å². The maximum absolute atomic E-state index is 11.0. The second kappa shape index (κ2) is 6.12. The Labute approximate surface area is 66.8 Å². The number of hydrogen-bond donors (Lipinski definition) is 1. The summed E-state index contributed by atoms with van der Waals surface area (Å²) in [7, 11) is 1.47. The van der Waals surface area contributed by atoms with Crippen molar-refractivity contribution in [3.05, 3.63) is 0 Å². The zero-order chi connectivity index (χ0) is 8.69. The first-order valence-electron chi connectivity index (χ1n) is 3.71. The number of carbonyl (C=O) groups is 1. The van der Waals surface area contributed by atoms with Crippen LogP contribution in [0.15, 0.2) is 0 Å². The molecule has 0 fully saturated rings. The highest BCUT2D eigenvalue weighted by Gasteiger charge is 2.16. The van der Waals surface area contributed by atoms with E-state index < -0.39 is 0 Å². The molecular formula is C7H15NO3. The summed E-state index contributed by atoms with van der Waals surface area (Å²) in [5.41, 5.74) is 2.54. The van der Waals surface area contributed by atoms with E-state index in [1.807, 2.05) is 6.92 Å². The van der Waals surface area contributed by atoms with Gasteiger partial charge in [-0.05, 0) is 13.3 Å². The van der Waals surface area contributed by atoms with Crippen molar-refractivity contribution in [1.82, 2.24) is 5.48 Å². The summed E-state index contributed by atoms with van der Waals surface area (Å²) in [6, 6.07) is -0.347. The standard InChI is InChI=1S/C7H15NO3/c1-4-6(8-10-3)7(9)11-5-2/h6,8H,4-5H2,1-3H3. The van der Waals surface area contributed by atoms with Gasteiger partial charge in [0.1, 0.15) is 6.04 Å². The zero-order valence-corrected chi connectivity index (χ0v) is 7.22. The molecular weight excluding hydrogens is 146 g/mol. The lowest BCUT2D eigenvalue weighted by Gasteiger charge is -2.12. The van der Waals surface area contributed by atoms with Crippen LogP contribution in [0.4, 0.5) is 0 Å². The van der Waals surface area contributed by atoms with Gasteiger partial charge < -0.3 is 9.57 Å². The van der Waals surface area contributed by atoms with E-state index in [-0.39, 0.29) is 12.0 Å². The van der Waals surface area contributed by atoms with Crippen molar-refractivity contribution in [3.63, 3.8) is 0 Å². The minimum atomic E-state index is -0.347. The third-order valence-electron chi connectivity index (χ3n) is 1.24. The van der Waals surface area contributed by atoms with Crippen molar-refractivity contribution < 1.29 is 14.4 Å². The summed E-state index contributed by atoms with van der Waals surface area (Å²) >= 11 is 0. The van der Waals surface area contributed by atoms with Crippen LogP contribution in [-0.2, 0) is 14.4 Å². The summed E-state index contributed by atoms with van der Waals surface area (Å²) in [5, 5.41) is 0. The molecule has 0 bridgehead atoms. The molecule has 0 aliphatic rings. The highest BCUT2D eigenvalue weighted by Crippen LogP contribution is 1.93. The largest absolute Gasteiger partial charge is 0.465 e. The zero-order valence-electron chi connectivity index (χ0n) is 7.22. The normalized spacial score (nSPS) is 12.6. The van der Waals surface area contributed by atoms with E-state index in [1.165, 1.54) is 7.11 Å². The Bertz CT molecular complexity index is 116. The van der Waals surface area contributed by atoms with Crippen molar-refractivity contribution in [2.45, 2.75) is 26.3 Å². The fraction of sp³-hybridized carbons (Fsp3) is 0.857. The molecule has 66 valence electrons. The number of esters is 1. The van der Waals surface area contributed by atoms with Gasteiger partial charge in [-0.1, -0.05) is 6.92 Å². The molecule has 0 aromatic heterocycles. The Morgan fingerprint density at radius 3 is 2.55 bits per heavy atom. The predicted molar refractivity (Wildman–Crippen MR) is 40.9 cm³/mol. The van der Waals surface area contributed by atoms with E-state index >= 15 is 0 Å².